The van der Waals surface area contributed by atoms with E-state index in [0.29, 0.717) is 17.0 Å². The molecular formula is C21H16F2N2O4. The molecule has 4 rings (SSSR count). The van der Waals surface area contributed by atoms with E-state index in [4.69, 9.17) is 15.2 Å². The maximum atomic E-state index is 14.0. The van der Waals surface area contributed by atoms with Crippen molar-refractivity contribution in [3.63, 3.8) is 0 Å². The van der Waals surface area contributed by atoms with Crippen LogP contribution in [0.4, 0.5) is 8.78 Å². The number of aromatic nitrogens is 1. The van der Waals surface area contributed by atoms with Crippen molar-refractivity contribution in [3.05, 3.63) is 87.0 Å². The molecule has 0 fully saturated rings. The molecule has 29 heavy (non-hydrogen) atoms. The zero-order chi connectivity index (χ0) is 20.7. The third-order valence-electron chi connectivity index (χ3n) is 4.68. The van der Waals surface area contributed by atoms with Crippen molar-refractivity contribution in [2.24, 2.45) is 5.73 Å². The Bertz CT molecular complexity index is 1210. The summed E-state index contributed by atoms with van der Waals surface area (Å²) in [6, 6.07) is 9.64. The van der Waals surface area contributed by atoms with Gasteiger partial charge in [-0.25, -0.2) is 13.6 Å². The van der Waals surface area contributed by atoms with Crippen LogP contribution in [-0.4, -0.2) is 17.6 Å². The number of para-hydroxylation sites is 1. The Kier molecular flexibility index (Phi) is 4.54. The highest BCUT2D eigenvalue weighted by molar-refractivity contribution is 5.95. The predicted octanol–water partition coefficient (Wildman–Crippen LogP) is 3.06. The van der Waals surface area contributed by atoms with E-state index in [1.54, 1.807) is 31.2 Å². The van der Waals surface area contributed by atoms with E-state index in [2.05, 4.69) is 4.98 Å². The Morgan fingerprint density at radius 2 is 1.90 bits per heavy atom. The lowest BCUT2D eigenvalue weighted by molar-refractivity contribution is -0.139. The van der Waals surface area contributed by atoms with Gasteiger partial charge in [0.15, 0.2) is 0 Å². The maximum Gasteiger partial charge on any atom is 0.340 e. The summed E-state index contributed by atoms with van der Waals surface area (Å²) < 4.78 is 38.6. The van der Waals surface area contributed by atoms with E-state index in [9.17, 15) is 18.4 Å². The van der Waals surface area contributed by atoms with Crippen LogP contribution in [-0.2, 0) is 9.53 Å². The number of nitrogens with one attached hydrogen (secondary N) is 1. The van der Waals surface area contributed by atoms with Gasteiger partial charge in [0.1, 0.15) is 23.0 Å². The van der Waals surface area contributed by atoms with E-state index in [0.717, 1.165) is 12.1 Å². The summed E-state index contributed by atoms with van der Waals surface area (Å²) in [6.45, 7) is 1.64. The number of benzene rings is 2. The predicted molar refractivity (Wildman–Crippen MR) is 101 cm³/mol. The van der Waals surface area contributed by atoms with Gasteiger partial charge >= 0.3 is 5.97 Å². The van der Waals surface area contributed by atoms with Crippen LogP contribution in [0.2, 0.25) is 0 Å². The molecule has 6 nitrogen and oxygen atoms in total. The minimum absolute atomic E-state index is 0.0194. The lowest BCUT2D eigenvalue weighted by atomic mass is 9.83. The number of esters is 1. The van der Waals surface area contributed by atoms with Crippen molar-refractivity contribution < 1.29 is 23.0 Å². The molecule has 0 aliphatic carbocycles. The van der Waals surface area contributed by atoms with Gasteiger partial charge in [0, 0.05) is 11.5 Å². The first kappa shape index (κ1) is 18.7. The Morgan fingerprint density at radius 3 is 2.59 bits per heavy atom. The number of fused-ring (bicyclic) bond motifs is 3. The molecule has 148 valence electrons. The highest BCUT2D eigenvalue weighted by atomic mass is 19.1. The quantitative estimate of drug-likeness (QED) is 0.662. The van der Waals surface area contributed by atoms with Gasteiger partial charge in [-0.1, -0.05) is 12.1 Å². The van der Waals surface area contributed by atoms with Crippen molar-refractivity contribution in [2.75, 3.05) is 6.61 Å². The van der Waals surface area contributed by atoms with Gasteiger partial charge in [-0.3, -0.25) is 4.79 Å². The van der Waals surface area contributed by atoms with E-state index in [1.807, 2.05) is 0 Å². The van der Waals surface area contributed by atoms with Gasteiger partial charge in [0.2, 0.25) is 5.88 Å². The standard InChI is InChI=1S/C21H16F2N2O4/c1-2-28-21(27)17-15(10-7-11(22)9-12(23)8-10)16-18(29-19(17)24)13-5-3-4-6-14(13)25-20(16)26/h3-9,15H,2,24H2,1H3,(H,25,26)/t15-/m1/s1. The number of carbonyl (C=O) groups excluding carboxylic acids is 1. The van der Waals surface area contributed by atoms with E-state index < -0.39 is 29.1 Å². The molecule has 2 aromatic carbocycles. The van der Waals surface area contributed by atoms with Crippen LogP contribution in [0.3, 0.4) is 0 Å². The highest BCUT2D eigenvalue weighted by Gasteiger charge is 2.38. The normalized spacial score (nSPS) is 15.8. The van der Waals surface area contributed by atoms with Crippen LogP contribution in [0.1, 0.15) is 24.0 Å². The van der Waals surface area contributed by atoms with Crippen LogP contribution >= 0.6 is 0 Å². The number of rotatable bonds is 3. The number of H-pyrrole nitrogens is 1. The number of halogens is 2. The molecule has 2 heterocycles. The minimum atomic E-state index is -1.17. The SMILES string of the molecule is CCOC(=O)C1=C(N)Oc2c(c(=O)[nH]c3ccccc23)[C@H]1c1cc(F)cc(F)c1. The van der Waals surface area contributed by atoms with Gasteiger partial charge < -0.3 is 20.2 Å². The highest BCUT2D eigenvalue weighted by Crippen LogP contribution is 2.43. The molecule has 1 aliphatic rings. The molecular weight excluding hydrogens is 382 g/mol. The average Bonchev–Trinajstić information content (AvgIpc) is 2.66. The van der Waals surface area contributed by atoms with Gasteiger partial charge in [-0.2, -0.15) is 0 Å². The molecule has 0 radical (unpaired) electrons. The summed E-state index contributed by atoms with van der Waals surface area (Å²) >= 11 is 0. The Hall–Kier alpha value is -3.68. The molecule has 0 saturated heterocycles. The average molecular weight is 398 g/mol. The molecule has 0 saturated carbocycles. The Morgan fingerprint density at radius 1 is 1.21 bits per heavy atom. The minimum Gasteiger partial charge on any atom is -0.462 e. The molecule has 1 aliphatic heterocycles. The van der Waals surface area contributed by atoms with Gasteiger partial charge in [-0.15, -0.1) is 0 Å². The van der Waals surface area contributed by atoms with Gasteiger partial charge in [0.05, 0.1) is 23.6 Å². The van der Waals surface area contributed by atoms with Crippen molar-refractivity contribution in [2.45, 2.75) is 12.8 Å². The third kappa shape index (κ3) is 3.12. The van der Waals surface area contributed by atoms with E-state index >= 15 is 0 Å². The number of aromatic amines is 1. The molecule has 8 heteroatoms. The van der Waals surface area contributed by atoms with Crippen LogP contribution in [0, 0.1) is 11.6 Å². The summed E-state index contributed by atoms with van der Waals surface area (Å²) in [5.74, 6) is -3.88. The van der Waals surface area contributed by atoms with Crippen molar-refractivity contribution in [1.82, 2.24) is 4.98 Å². The van der Waals surface area contributed by atoms with E-state index in [1.165, 1.54) is 0 Å². The lowest BCUT2D eigenvalue weighted by Gasteiger charge is -2.28. The van der Waals surface area contributed by atoms with Crippen LogP contribution in [0.25, 0.3) is 10.9 Å². The fraction of sp³-hybridized carbons (Fsp3) is 0.143. The second-order valence-corrected chi connectivity index (χ2v) is 6.48. The molecule has 3 N–H and O–H groups in total. The summed E-state index contributed by atoms with van der Waals surface area (Å²) in [7, 11) is 0. The molecule has 0 bridgehead atoms. The zero-order valence-electron chi connectivity index (χ0n) is 15.3. The molecule has 3 aromatic rings. The van der Waals surface area contributed by atoms with Crippen molar-refractivity contribution >= 4 is 16.9 Å². The van der Waals surface area contributed by atoms with E-state index in [-0.39, 0.29) is 34.9 Å². The number of ether oxygens (including phenoxy) is 2. The monoisotopic (exact) mass is 398 g/mol. The number of nitrogens with two attached hydrogens (primary N) is 1. The molecule has 0 spiro atoms. The molecule has 1 aromatic heterocycles. The van der Waals surface area contributed by atoms with Crippen molar-refractivity contribution in [3.8, 4) is 5.75 Å². The Labute approximate surface area is 163 Å². The number of hydrogen-bond acceptors (Lipinski definition) is 5. The first-order valence-electron chi connectivity index (χ1n) is 8.86. The topological polar surface area (TPSA) is 94.4 Å². The first-order chi connectivity index (χ1) is 13.9. The summed E-state index contributed by atoms with van der Waals surface area (Å²) in [4.78, 5) is 28.2. The number of hydrogen-bond donors (Lipinski definition) is 2. The smallest absolute Gasteiger partial charge is 0.340 e. The fourth-order valence-corrected chi connectivity index (χ4v) is 3.55. The Balaban J connectivity index is 2.07. The molecule has 0 unspecified atom stereocenters. The largest absolute Gasteiger partial charge is 0.462 e. The maximum absolute atomic E-state index is 14.0. The molecule has 0 amide bonds. The first-order valence-corrected chi connectivity index (χ1v) is 8.86. The van der Waals surface area contributed by atoms with Crippen LogP contribution in [0.5, 0.6) is 5.75 Å². The summed E-state index contributed by atoms with van der Waals surface area (Å²) in [5.41, 5.74) is 5.82. The number of carbonyl (C=O) groups is 1. The zero-order valence-corrected chi connectivity index (χ0v) is 15.3. The molecule has 1 atom stereocenters. The fourth-order valence-electron chi connectivity index (χ4n) is 3.55. The second-order valence-electron chi connectivity index (χ2n) is 6.48. The summed E-state index contributed by atoms with van der Waals surface area (Å²) in [6.07, 6.45) is 0. The van der Waals surface area contributed by atoms with Crippen LogP contribution < -0.4 is 16.0 Å². The van der Waals surface area contributed by atoms with Gasteiger partial charge in [0.25, 0.3) is 5.56 Å². The van der Waals surface area contributed by atoms with Crippen LogP contribution in [0.15, 0.2) is 58.7 Å². The van der Waals surface area contributed by atoms with Crippen molar-refractivity contribution in [1.29, 1.82) is 0 Å². The second kappa shape index (κ2) is 7.05. The third-order valence-corrected chi connectivity index (χ3v) is 4.68. The number of pyridine rings is 1. The van der Waals surface area contributed by atoms with Gasteiger partial charge in [-0.05, 0) is 36.8 Å². The lowest BCUT2D eigenvalue weighted by Crippen LogP contribution is -2.32. The summed E-state index contributed by atoms with van der Waals surface area (Å²) in [5, 5.41) is 0.537.